The second-order valence-electron chi connectivity index (χ2n) is 11.5. The molecule has 0 spiro atoms. The fraction of sp³-hybridized carbons (Fsp3) is 0.724. The largest absolute Gasteiger partial charge is 0.573 e. The van der Waals surface area contributed by atoms with Crippen molar-refractivity contribution in [2.45, 2.75) is 96.4 Å². The van der Waals surface area contributed by atoms with Gasteiger partial charge < -0.3 is 9.47 Å². The summed E-state index contributed by atoms with van der Waals surface area (Å²) in [5.41, 5.74) is 0. The molecule has 0 saturated heterocycles. The predicted octanol–water partition coefficient (Wildman–Crippen LogP) is 9.69. The Morgan fingerprint density at radius 1 is 0.703 bits per heavy atom. The Bertz CT molecular complexity index is 890. The highest BCUT2D eigenvalue weighted by molar-refractivity contribution is 5.33. The van der Waals surface area contributed by atoms with E-state index in [1.54, 1.807) is 0 Å². The van der Waals surface area contributed by atoms with Crippen LogP contribution in [0.4, 0.5) is 26.3 Å². The smallest absolute Gasteiger partial charge is 0.432 e. The van der Waals surface area contributed by atoms with Gasteiger partial charge in [-0.2, -0.15) is 8.78 Å². The van der Waals surface area contributed by atoms with Gasteiger partial charge in [-0.3, -0.25) is 0 Å². The van der Waals surface area contributed by atoms with E-state index in [4.69, 9.17) is 4.74 Å². The number of benzene rings is 1. The van der Waals surface area contributed by atoms with Gasteiger partial charge in [-0.1, -0.05) is 31.9 Å². The van der Waals surface area contributed by atoms with E-state index in [0.29, 0.717) is 30.9 Å². The minimum atomic E-state index is -5.08. The third-order valence-electron chi connectivity index (χ3n) is 8.83. The number of ether oxygens (including phenoxy) is 2. The average molecular weight is 533 g/mol. The van der Waals surface area contributed by atoms with Gasteiger partial charge in [0, 0.05) is 6.07 Å². The van der Waals surface area contributed by atoms with Crippen molar-refractivity contribution in [2.24, 2.45) is 35.5 Å². The van der Waals surface area contributed by atoms with Gasteiger partial charge in [-0.05, 0) is 106 Å². The van der Waals surface area contributed by atoms with Crippen molar-refractivity contribution in [1.29, 1.82) is 0 Å². The molecule has 1 aromatic carbocycles. The second kappa shape index (κ2) is 11.9. The number of hydrogen-bond donors (Lipinski definition) is 0. The van der Waals surface area contributed by atoms with Gasteiger partial charge in [0.05, 0.1) is 5.92 Å². The number of alkyl halides is 5. The Balaban J connectivity index is 1.20. The summed E-state index contributed by atoms with van der Waals surface area (Å²) >= 11 is 0. The van der Waals surface area contributed by atoms with Crippen molar-refractivity contribution in [1.82, 2.24) is 0 Å². The van der Waals surface area contributed by atoms with Gasteiger partial charge in [0.2, 0.25) is 0 Å². The molecule has 0 amide bonds. The number of hydrogen-bond acceptors (Lipinski definition) is 2. The summed E-state index contributed by atoms with van der Waals surface area (Å²) in [7, 11) is 0. The van der Waals surface area contributed by atoms with Gasteiger partial charge in [0.25, 0.3) is 0 Å². The maximum atomic E-state index is 14.7. The van der Waals surface area contributed by atoms with Crippen molar-refractivity contribution in [3.8, 4) is 11.5 Å². The van der Waals surface area contributed by atoms with Gasteiger partial charge in [0.15, 0.2) is 11.6 Å². The van der Waals surface area contributed by atoms with Crippen LogP contribution in [0.25, 0.3) is 0 Å². The number of halogens is 6. The van der Waals surface area contributed by atoms with Gasteiger partial charge in [-0.25, -0.2) is 4.39 Å². The van der Waals surface area contributed by atoms with Gasteiger partial charge in [0.1, 0.15) is 5.75 Å². The lowest BCUT2D eigenvalue weighted by Crippen LogP contribution is -2.37. The lowest BCUT2D eigenvalue weighted by atomic mass is 9.69. The quantitative estimate of drug-likeness (QED) is 0.257. The molecule has 3 fully saturated rings. The molecule has 0 bridgehead atoms. The zero-order valence-electron chi connectivity index (χ0n) is 21.4. The molecule has 0 aromatic heterocycles. The molecule has 0 heterocycles. The molecule has 208 valence electrons. The van der Waals surface area contributed by atoms with Crippen molar-refractivity contribution in [3.63, 3.8) is 0 Å². The minimum Gasteiger partial charge on any atom is -0.432 e. The standard InChI is InChI=1S/C29H38F6O2/c1-19-2-10-22(11-3-19)23-12-6-20(7-13-23)4-5-21-8-14-24(15-9-21)28(31,32)36-25-16-17-27(26(30)18-25)37-29(33,34)35/h4-5,16-24H,2-3,6-15H2,1H3/b5-4+. The van der Waals surface area contributed by atoms with Crippen molar-refractivity contribution < 1.29 is 35.8 Å². The van der Waals surface area contributed by atoms with E-state index in [-0.39, 0.29) is 18.8 Å². The third-order valence-corrected chi connectivity index (χ3v) is 8.83. The molecule has 0 N–H and O–H groups in total. The van der Waals surface area contributed by atoms with Crippen molar-refractivity contribution >= 4 is 0 Å². The summed E-state index contributed by atoms with van der Waals surface area (Å²) in [4.78, 5) is 0. The summed E-state index contributed by atoms with van der Waals surface area (Å²) in [6.07, 6.45) is 8.27. The third kappa shape index (κ3) is 8.06. The highest BCUT2D eigenvalue weighted by atomic mass is 19.4. The zero-order chi connectivity index (χ0) is 26.6. The fourth-order valence-corrected chi connectivity index (χ4v) is 6.52. The lowest BCUT2D eigenvalue weighted by Gasteiger charge is -2.37. The van der Waals surface area contributed by atoms with E-state index < -0.39 is 35.7 Å². The molecular weight excluding hydrogens is 494 g/mol. The van der Waals surface area contributed by atoms with Crippen LogP contribution >= 0.6 is 0 Å². The molecule has 1 aromatic rings. The van der Waals surface area contributed by atoms with Crippen LogP contribution in [0, 0.1) is 41.3 Å². The molecule has 3 aliphatic carbocycles. The molecule has 4 rings (SSSR count). The maximum absolute atomic E-state index is 14.7. The summed E-state index contributed by atoms with van der Waals surface area (Å²) < 4.78 is 88.4. The summed E-state index contributed by atoms with van der Waals surface area (Å²) in [5.74, 6) is -0.555. The molecule has 0 aliphatic heterocycles. The molecule has 0 radical (unpaired) electrons. The van der Waals surface area contributed by atoms with E-state index in [1.807, 2.05) is 0 Å². The molecule has 3 saturated carbocycles. The van der Waals surface area contributed by atoms with Crippen molar-refractivity contribution in [2.75, 3.05) is 0 Å². The average Bonchev–Trinajstić information content (AvgIpc) is 2.85. The van der Waals surface area contributed by atoms with Crippen LogP contribution in [-0.2, 0) is 0 Å². The molecular formula is C29H38F6O2. The lowest BCUT2D eigenvalue weighted by molar-refractivity contribution is -0.275. The van der Waals surface area contributed by atoms with E-state index >= 15 is 0 Å². The van der Waals surface area contributed by atoms with Crippen LogP contribution in [0.2, 0.25) is 0 Å². The Kier molecular flexibility index (Phi) is 9.05. The first-order valence-electron chi connectivity index (χ1n) is 13.8. The zero-order valence-corrected chi connectivity index (χ0v) is 21.4. The van der Waals surface area contributed by atoms with Gasteiger partial charge >= 0.3 is 12.5 Å². The van der Waals surface area contributed by atoms with Crippen LogP contribution < -0.4 is 9.47 Å². The topological polar surface area (TPSA) is 18.5 Å². The van der Waals surface area contributed by atoms with E-state index in [0.717, 1.165) is 23.8 Å². The molecule has 0 unspecified atom stereocenters. The Labute approximate surface area is 215 Å². The minimum absolute atomic E-state index is 0.265. The number of allylic oxidation sites excluding steroid dienone is 2. The summed E-state index contributed by atoms with van der Waals surface area (Å²) in [5, 5.41) is 0. The van der Waals surface area contributed by atoms with Crippen LogP contribution in [0.1, 0.15) is 84.0 Å². The van der Waals surface area contributed by atoms with Crippen LogP contribution in [-0.4, -0.2) is 12.5 Å². The highest BCUT2D eigenvalue weighted by Gasteiger charge is 2.44. The SMILES string of the molecule is CC1CCC(C2CCC(/C=C/C3CCC(C(F)(F)Oc4ccc(OC(F)(F)F)c(F)c4)CC3)CC2)CC1. The molecule has 0 atom stereocenters. The van der Waals surface area contributed by atoms with E-state index in [9.17, 15) is 26.3 Å². The predicted molar refractivity (Wildman–Crippen MR) is 130 cm³/mol. The highest BCUT2D eigenvalue weighted by Crippen LogP contribution is 2.43. The molecule has 8 heteroatoms. The Morgan fingerprint density at radius 2 is 1.22 bits per heavy atom. The normalized spacial score (nSPS) is 31.9. The van der Waals surface area contributed by atoms with Crippen LogP contribution in [0.5, 0.6) is 11.5 Å². The summed E-state index contributed by atoms with van der Waals surface area (Å²) in [6, 6.07) is 1.99. The van der Waals surface area contributed by atoms with E-state index in [2.05, 4.69) is 23.8 Å². The Hall–Kier alpha value is -1.86. The first kappa shape index (κ1) is 28.2. The second-order valence-corrected chi connectivity index (χ2v) is 11.5. The van der Waals surface area contributed by atoms with Gasteiger partial charge in [-0.15, -0.1) is 13.2 Å². The molecule has 37 heavy (non-hydrogen) atoms. The van der Waals surface area contributed by atoms with Crippen molar-refractivity contribution in [3.05, 3.63) is 36.2 Å². The monoisotopic (exact) mass is 532 g/mol. The first-order valence-corrected chi connectivity index (χ1v) is 13.8. The maximum Gasteiger partial charge on any atom is 0.573 e. The van der Waals surface area contributed by atoms with Crippen LogP contribution in [0.15, 0.2) is 30.4 Å². The number of rotatable bonds is 7. The first-order chi connectivity index (χ1) is 17.5. The van der Waals surface area contributed by atoms with Crippen LogP contribution in [0.3, 0.4) is 0 Å². The molecule has 2 nitrogen and oxygen atoms in total. The fourth-order valence-electron chi connectivity index (χ4n) is 6.52. The molecule has 3 aliphatic rings. The summed E-state index contributed by atoms with van der Waals surface area (Å²) in [6.45, 7) is 2.36. The Morgan fingerprint density at radius 3 is 1.73 bits per heavy atom. The van der Waals surface area contributed by atoms with E-state index in [1.165, 1.54) is 51.4 Å².